The molecule has 0 aliphatic heterocycles. The van der Waals surface area contributed by atoms with Gasteiger partial charge in [-0.05, 0) is 62.4 Å². The Balaban J connectivity index is 1.55. The predicted octanol–water partition coefficient (Wildman–Crippen LogP) is 3.56. The number of nitrogens with one attached hydrogen (secondary N) is 2. The van der Waals surface area contributed by atoms with Gasteiger partial charge in [0.1, 0.15) is 5.82 Å². The van der Waals surface area contributed by atoms with Gasteiger partial charge in [-0.15, -0.1) is 0 Å². The van der Waals surface area contributed by atoms with Crippen LogP contribution in [0.4, 0.5) is 4.39 Å². The van der Waals surface area contributed by atoms with Crippen LogP contribution in [0.25, 0.3) is 0 Å². The lowest BCUT2D eigenvalue weighted by molar-refractivity contribution is -0.126. The Hall–Kier alpha value is -2.65. The Kier molecular flexibility index (Phi) is 7.73. The number of hydrogen-bond acceptors (Lipinski definition) is 5. The Morgan fingerprint density at radius 3 is 2.22 bits per heavy atom. The first-order valence-corrected chi connectivity index (χ1v) is 12.0. The third-order valence-electron chi connectivity index (χ3n) is 5.81. The molecule has 1 fully saturated rings. The molecule has 0 heterocycles. The van der Waals surface area contributed by atoms with Crippen molar-refractivity contribution in [3.63, 3.8) is 0 Å². The first-order valence-electron chi connectivity index (χ1n) is 10.5. The molecule has 2 aromatic carbocycles. The fourth-order valence-electron chi connectivity index (χ4n) is 3.91. The van der Waals surface area contributed by atoms with Gasteiger partial charge in [0.15, 0.2) is 11.5 Å². The van der Waals surface area contributed by atoms with Crippen LogP contribution in [0.1, 0.15) is 44.2 Å². The average molecular weight is 465 g/mol. The summed E-state index contributed by atoms with van der Waals surface area (Å²) >= 11 is 0. The van der Waals surface area contributed by atoms with Crippen LogP contribution >= 0.6 is 0 Å². The molecule has 1 amide bonds. The van der Waals surface area contributed by atoms with E-state index in [1.807, 2.05) is 6.92 Å². The molecule has 1 atom stereocenters. The maximum Gasteiger partial charge on any atom is 0.240 e. The molecule has 1 aliphatic rings. The zero-order valence-electron chi connectivity index (χ0n) is 18.4. The van der Waals surface area contributed by atoms with E-state index >= 15 is 0 Å². The smallest absolute Gasteiger partial charge is 0.240 e. The first-order chi connectivity index (χ1) is 15.2. The minimum atomic E-state index is -3.73. The van der Waals surface area contributed by atoms with Crippen LogP contribution < -0.4 is 19.5 Å². The van der Waals surface area contributed by atoms with E-state index in [4.69, 9.17) is 9.47 Å². The lowest BCUT2D eigenvalue weighted by Gasteiger charge is -2.29. The zero-order chi connectivity index (χ0) is 23.3. The number of carbonyl (C=O) groups is 1. The van der Waals surface area contributed by atoms with Crippen LogP contribution in [0, 0.1) is 11.7 Å². The van der Waals surface area contributed by atoms with E-state index in [1.54, 1.807) is 18.2 Å². The van der Waals surface area contributed by atoms with Crippen molar-refractivity contribution in [1.82, 2.24) is 10.0 Å². The van der Waals surface area contributed by atoms with Gasteiger partial charge in [0.05, 0.1) is 25.2 Å². The molecule has 3 rings (SSSR count). The lowest BCUT2D eigenvalue weighted by atomic mass is 9.85. The lowest BCUT2D eigenvalue weighted by Crippen LogP contribution is -2.41. The molecular formula is C23H29FN2O5S. The Labute approximate surface area is 188 Å². The quantitative estimate of drug-likeness (QED) is 0.623. The van der Waals surface area contributed by atoms with E-state index in [2.05, 4.69) is 10.0 Å². The second-order valence-corrected chi connectivity index (χ2v) is 9.68. The molecular weight excluding hydrogens is 435 g/mol. The van der Waals surface area contributed by atoms with E-state index in [0.29, 0.717) is 37.2 Å². The largest absolute Gasteiger partial charge is 0.493 e. The third kappa shape index (κ3) is 5.77. The highest BCUT2D eigenvalue weighted by Gasteiger charge is 2.30. The Morgan fingerprint density at radius 2 is 1.62 bits per heavy atom. The van der Waals surface area contributed by atoms with Crippen LogP contribution in [0.3, 0.4) is 0 Å². The van der Waals surface area contributed by atoms with Gasteiger partial charge < -0.3 is 14.8 Å². The fourth-order valence-corrected chi connectivity index (χ4v) is 5.23. The summed E-state index contributed by atoms with van der Waals surface area (Å²) in [5.74, 6) is 0.225. The van der Waals surface area contributed by atoms with Crippen molar-refractivity contribution in [2.45, 2.75) is 49.6 Å². The monoisotopic (exact) mass is 464 g/mol. The molecule has 1 saturated carbocycles. The standard InChI is InChI=1S/C23H29FN2O5S/c1-15(16-4-8-18(24)9-5-16)25-23(27)17-6-10-19(11-7-17)26-32(28,29)20-12-13-21(30-2)22(14-20)31-3/h4-5,8-9,12-15,17,19,26H,6-7,10-11H2,1-3H3,(H,25,27)/t15-,17?,19?/m1/s1. The van der Waals surface area contributed by atoms with Gasteiger partial charge >= 0.3 is 0 Å². The van der Waals surface area contributed by atoms with E-state index in [1.165, 1.54) is 38.5 Å². The summed E-state index contributed by atoms with van der Waals surface area (Å²) in [6.07, 6.45) is 2.30. The molecule has 174 valence electrons. The maximum absolute atomic E-state index is 13.1. The first kappa shape index (κ1) is 24.0. The number of sulfonamides is 1. The zero-order valence-corrected chi connectivity index (χ0v) is 19.2. The summed E-state index contributed by atoms with van der Waals surface area (Å²) in [5, 5.41) is 2.97. The summed E-state index contributed by atoms with van der Waals surface area (Å²) in [5.41, 5.74) is 0.830. The van der Waals surface area contributed by atoms with Crippen LogP contribution in [0.15, 0.2) is 47.4 Å². The Bertz CT molecular complexity index is 1030. The molecule has 0 bridgehead atoms. The molecule has 0 saturated heterocycles. The van der Waals surface area contributed by atoms with Gasteiger partial charge in [-0.1, -0.05) is 12.1 Å². The predicted molar refractivity (Wildman–Crippen MR) is 119 cm³/mol. The molecule has 0 unspecified atom stereocenters. The summed E-state index contributed by atoms with van der Waals surface area (Å²) in [7, 11) is -0.796. The highest BCUT2D eigenvalue weighted by Crippen LogP contribution is 2.31. The summed E-state index contributed by atoms with van der Waals surface area (Å²) in [6, 6.07) is 10.0. The summed E-state index contributed by atoms with van der Waals surface area (Å²) < 4.78 is 51.8. The van der Waals surface area contributed by atoms with Crippen LogP contribution in [0.5, 0.6) is 11.5 Å². The summed E-state index contributed by atoms with van der Waals surface area (Å²) in [6.45, 7) is 1.86. The van der Waals surface area contributed by atoms with E-state index in [9.17, 15) is 17.6 Å². The SMILES string of the molecule is COc1ccc(S(=O)(=O)NC2CCC(C(=O)N[C@H](C)c3ccc(F)cc3)CC2)cc1OC. The molecule has 7 nitrogen and oxygen atoms in total. The molecule has 32 heavy (non-hydrogen) atoms. The van der Waals surface area contributed by atoms with Gasteiger partial charge in [0, 0.05) is 18.0 Å². The molecule has 0 spiro atoms. The third-order valence-corrected chi connectivity index (χ3v) is 7.33. The topological polar surface area (TPSA) is 93.7 Å². The van der Waals surface area contributed by atoms with E-state index < -0.39 is 10.0 Å². The molecule has 2 N–H and O–H groups in total. The Morgan fingerprint density at radius 1 is 1.00 bits per heavy atom. The number of benzene rings is 2. The fraction of sp³-hybridized carbons (Fsp3) is 0.435. The van der Waals surface area contributed by atoms with Crippen molar-refractivity contribution >= 4 is 15.9 Å². The highest BCUT2D eigenvalue weighted by atomic mass is 32.2. The molecule has 2 aromatic rings. The van der Waals surface area contributed by atoms with Gasteiger partial charge in [-0.2, -0.15) is 0 Å². The van der Waals surface area contributed by atoms with E-state index in [0.717, 1.165) is 5.56 Å². The van der Waals surface area contributed by atoms with Gasteiger partial charge in [0.2, 0.25) is 15.9 Å². The number of halogens is 1. The van der Waals surface area contributed by atoms with Crippen molar-refractivity contribution in [2.24, 2.45) is 5.92 Å². The second-order valence-electron chi connectivity index (χ2n) is 7.97. The average Bonchev–Trinajstić information content (AvgIpc) is 2.79. The molecule has 1 aliphatic carbocycles. The van der Waals surface area contributed by atoms with Gasteiger partial charge in [-0.25, -0.2) is 17.5 Å². The normalized spacial score (nSPS) is 19.8. The van der Waals surface area contributed by atoms with E-state index in [-0.39, 0.29) is 34.6 Å². The number of carbonyl (C=O) groups excluding carboxylic acids is 1. The number of methoxy groups -OCH3 is 2. The second kappa shape index (κ2) is 10.3. The van der Waals surface area contributed by atoms with Crippen molar-refractivity contribution in [1.29, 1.82) is 0 Å². The van der Waals surface area contributed by atoms with Crippen molar-refractivity contribution < 1.29 is 27.1 Å². The number of hydrogen-bond donors (Lipinski definition) is 2. The minimum absolute atomic E-state index is 0.0666. The van der Waals surface area contributed by atoms with Crippen molar-refractivity contribution in [3.8, 4) is 11.5 Å². The van der Waals surface area contributed by atoms with Gasteiger partial charge in [0.25, 0.3) is 0 Å². The minimum Gasteiger partial charge on any atom is -0.493 e. The van der Waals surface area contributed by atoms with Gasteiger partial charge in [-0.3, -0.25) is 4.79 Å². The van der Waals surface area contributed by atoms with Crippen LogP contribution in [-0.2, 0) is 14.8 Å². The van der Waals surface area contributed by atoms with Crippen LogP contribution in [-0.4, -0.2) is 34.6 Å². The molecule has 9 heteroatoms. The molecule has 0 aromatic heterocycles. The summed E-state index contributed by atoms with van der Waals surface area (Å²) in [4.78, 5) is 12.7. The molecule has 0 radical (unpaired) electrons. The van der Waals surface area contributed by atoms with Crippen molar-refractivity contribution in [2.75, 3.05) is 14.2 Å². The highest BCUT2D eigenvalue weighted by molar-refractivity contribution is 7.89. The van der Waals surface area contributed by atoms with Crippen LogP contribution in [0.2, 0.25) is 0 Å². The van der Waals surface area contributed by atoms with Crippen molar-refractivity contribution in [3.05, 3.63) is 53.8 Å². The number of rotatable bonds is 8. The number of ether oxygens (including phenoxy) is 2. The number of amides is 1. The maximum atomic E-state index is 13.1.